The number of halogens is 2. The Morgan fingerprint density at radius 1 is 1.37 bits per heavy atom. The zero-order chi connectivity index (χ0) is 13.7. The Bertz CT molecular complexity index is 513. The van der Waals surface area contributed by atoms with Gasteiger partial charge in [-0.2, -0.15) is 0 Å². The van der Waals surface area contributed by atoms with Gasteiger partial charge in [-0.15, -0.1) is 11.3 Å². The van der Waals surface area contributed by atoms with Crippen LogP contribution in [0.2, 0.25) is 0 Å². The molecule has 0 fully saturated rings. The van der Waals surface area contributed by atoms with Crippen LogP contribution in [0, 0.1) is 5.82 Å². The van der Waals surface area contributed by atoms with Gasteiger partial charge in [0.1, 0.15) is 5.82 Å². The molecule has 0 amide bonds. The van der Waals surface area contributed by atoms with E-state index in [0.29, 0.717) is 6.42 Å². The molecular weight excluding hydrogens is 325 g/mol. The molecule has 0 bridgehead atoms. The van der Waals surface area contributed by atoms with E-state index in [1.165, 1.54) is 10.9 Å². The highest BCUT2D eigenvalue weighted by molar-refractivity contribution is 9.10. The lowest BCUT2D eigenvalue weighted by Gasteiger charge is -2.17. The Kier molecular flexibility index (Phi) is 5.55. The summed E-state index contributed by atoms with van der Waals surface area (Å²) in [5, 5.41) is 5.56. The Morgan fingerprint density at radius 2 is 2.21 bits per heavy atom. The monoisotopic (exact) mass is 341 g/mol. The third-order valence-electron chi connectivity index (χ3n) is 2.96. The van der Waals surface area contributed by atoms with Crippen molar-refractivity contribution in [3.05, 3.63) is 56.4 Å². The summed E-state index contributed by atoms with van der Waals surface area (Å²) in [6, 6.07) is 9.45. The first kappa shape index (κ1) is 14.7. The van der Waals surface area contributed by atoms with Crippen LogP contribution in [-0.4, -0.2) is 6.54 Å². The summed E-state index contributed by atoms with van der Waals surface area (Å²) in [7, 11) is 0. The highest BCUT2D eigenvalue weighted by atomic mass is 79.9. The molecule has 19 heavy (non-hydrogen) atoms. The number of benzene rings is 1. The van der Waals surface area contributed by atoms with Crippen LogP contribution in [0.15, 0.2) is 40.2 Å². The van der Waals surface area contributed by atoms with Crippen LogP contribution < -0.4 is 5.32 Å². The van der Waals surface area contributed by atoms with E-state index in [1.807, 2.05) is 12.1 Å². The van der Waals surface area contributed by atoms with Crippen molar-refractivity contribution in [2.45, 2.75) is 25.8 Å². The maximum absolute atomic E-state index is 13.8. The summed E-state index contributed by atoms with van der Waals surface area (Å²) in [6.45, 7) is 3.08. The van der Waals surface area contributed by atoms with Crippen molar-refractivity contribution in [1.82, 2.24) is 5.32 Å². The van der Waals surface area contributed by atoms with Gasteiger partial charge in [-0.25, -0.2) is 4.39 Å². The van der Waals surface area contributed by atoms with Crippen molar-refractivity contribution in [1.29, 1.82) is 0 Å². The summed E-state index contributed by atoms with van der Waals surface area (Å²) in [5.74, 6) is -0.136. The molecule has 2 rings (SSSR count). The molecule has 2 aromatic rings. The van der Waals surface area contributed by atoms with Gasteiger partial charge in [0.25, 0.3) is 0 Å². The van der Waals surface area contributed by atoms with Crippen LogP contribution in [0.1, 0.15) is 29.8 Å². The second-order valence-corrected chi connectivity index (χ2v) is 6.36. The van der Waals surface area contributed by atoms with Gasteiger partial charge in [-0.05, 0) is 54.6 Å². The topological polar surface area (TPSA) is 12.0 Å². The molecule has 1 unspecified atom stereocenters. The maximum atomic E-state index is 13.8. The fraction of sp³-hybridized carbons (Fsp3) is 0.333. The van der Waals surface area contributed by atoms with Crippen molar-refractivity contribution in [3.63, 3.8) is 0 Å². The molecule has 0 saturated carbocycles. The fourth-order valence-corrected chi connectivity index (χ4v) is 3.21. The van der Waals surface area contributed by atoms with Crippen LogP contribution >= 0.6 is 27.3 Å². The van der Waals surface area contributed by atoms with Gasteiger partial charge in [0.15, 0.2) is 0 Å². The Labute approximate surface area is 126 Å². The average Bonchev–Trinajstić information content (AvgIpc) is 2.92. The lowest BCUT2D eigenvalue weighted by atomic mass is 10.0. The maximum Gasteiger partial charge on any atom is 0.126 e. The third-order valence-corrected chi connectivity index (χ3v) is 4.44. The SMILES string of the molecule is CCCNC(Cc1cc(Br)ccc1F)c1cccs1. The highest BCUT2D eigenvalue weighted by Gasteiger charge is 2.15. The summed E-state index contributed by atoms with van der Waals surface area (Å²) < 4.78 is 14.8. The van der Waals surface area contributed by atoms with Crippen LogP contribution in [0.3, 0.4) is 0 Å². The minimum atomic E-state index is -0.136. The molecule has 1 heterocycles. The predicted octanol–water partition coefficient (Wildman–Crippen LogP) is 4.93. The first-order valence-corrected chi connectivity index (χ1v) is 8.08. The largest absolute Gasteiger partial charge is 0.309 e. The van der Waals surface area contributed by atoms with Gasteiger partial charge in [0.2, 0.25) is 0 Å². The zero-order valence-electron chi connectivity index (χ0n) is 10.8. The quantitative estimate of drug-likeness (QED) is 0.785. The van der Waals surface area contributed by atoms with E-state index in [4.69, 9.17) is 0 Å². The summed E-state index contributed by atoms with van der Waals surface area (Å²) in [5.41, 5.74) is 0.747. The molecule has 4 heteroatoms. The lowest BCUT2D eigenvalue weighted by molar-refractivity contribution is 0.519. The molecule has 1 aromatic heterocycles. The number of nitrogens with one attached hydrogen (secondary N) is 1. The Hall–Kier alpha value is -0.710. The summed E-state index contributed by atoms with van der Waals surface area (Å²) in [6.07, 6.45) is 1.74. The van der Waals surface area contributed by atoms with Crippen molar-refractivity contribution >= 4 is 27.3 Å². The molecule has 0 spiro atoms. The molecule has 1 nitrogen and oxygen atoms in total. The molecule has 1 atom stereocenters. The smallest absolute Gasteiger partial charge is 0.126 e. The van der Waals surface area contributed by atoms with Crippen LogP contribution in [0.25, 0.3) is 0 Å². The standard InChI is InChI=1S/C15H17BrFNS/c1-2-7-18-14(15-4-3-8-19-15)10-11-9-12(16)5-6-13(11)17/h3-6,8-9,14,18H,2,7,10H2,1H3. The summed E-state index contributed by atoms with van der Waals surface area (Å²) >= 11 is 5.12. The first-order valence-electron chi connectivity index (χ1n) is 6.41. The molecule has 0 aliphatic rings. The van der Waals surface area contributed by atoms with Crippen LogP contribution in [0.4, 0.5) is 4.39 Å². The van der Waals surface area contributed by atoms with Crippen LogP contribution in [0.5, 0.6) is 0 Å². The van der Waals surface area contributed by atoms with Crippen molar-refractivity contribution < 1.29 is 4.39 Å². The van der Waals surface area contributed by atoms with E-state index in [2.05, 4.69) is 39.6 Å². The predicted molar refractivity (Wildman–Crippen MR) is 83.2 cm³/mol. The molecule has 0 aliphatic carbocycles. The van der Waals surface area contributed by atoms with Gasteiger partial charge >= 0.3 is 0 Å². The fourth-order valence-electron chi connectivity index (χ4n) is 2.00. The summed E-state index contributed by atoms with van der Waals surface area (Å²) in [4.78, 5) is 1.26. The Balaban J connectivity index is 2.17. The number of rotatable bonds is 6. The van der Waals surface area contributed by atoms with Crippen molar-refractivity contribution in [2.24, 2.45) is 0 Å². The molecule has 0 aliphatic heterocycles. The second kappa shape index (κ2) is 7.17. The minimum Gasteiger partial charge on any atom is -0.309 e. The van der Waals surface area contributed by atoms with Crippen LogP contribution in [-0.2, 0) is 6.42 Å². The van der Waals surface area contributed by atoms with Gasteiger partial charge in [-0.1, -0.05) is 28.9 Å². The third kappa shape index (κ3) is 4.13. The number of thiophene rings is 1. The van der Waals surface area contributed by atoms with Crippen molar-refractivity contribution in [2.75, 3.05) is 6.54 Å². The van der Waals surface area contributed by atoms with E-state index in [0.717, 1.165) is 23.0 Å². The van der Waals surface area contributed by atoms with E-state index in [-0.39, 0.29) is 11.9 Å². The van der Waals surface area contributed by atoms with Gasteiger partial charge in [0.05, 0.1) is 0 Å². The zero-order valence-corrected chi connectivity index (χ0v) is 13.2. The lowest BCUT2D eigenvalue weighted by Crippen LogP contribution is -2.23. The van der Waals surface area contributed by atoms with Gasteiger partial charge < -0.3 is 5.32 Å². The number of hydrogen-bond acceptors (Lipinski definition) is 2. The Morgan fingerprint density at radius 3 is 2.89 bits per heavy atom. The molecule has 0 radical (unpaired) electrons. The number of hydrogen-bond donors (Lipinski definition) is 1. The van der Waals surface area contributed by atoms with E-state index < -0.39 is 0 Å². The van der Waals surface area contributed by atoms with E-state index in [9.17, 15) is 4.39 Å². The second-order valence-electron chi connectivity index (χ2n) is 4.46. The van der Waals surface area contributed by atoms with Gasteiger partial charge in [-0.3, -0.25) is 0 Å². The van der Waals surface area contributed by atoms with E-state index in [1.54, 1.807) is 17.4 Å². The molecule has 1 aromatic carbocycles. The molecule has 1 N–H and O–H groups in total. The highest BCUT2D eigenvalue weighted by Crippen LogP contribution is 2.25. The van der Waals surface area contributed by atoms with E-state index >= 15 is 0 Å². The molecular formula is C15H17BrFNS. The average molecular weight is 342 g/mol. The van der Waals surface area contributed by atoms with Gasteiger partial charge in [0, 0.05) is 15.4 Å². The molecule has 0 saturated heterocycles. The first-order chi connectivity index (χ1) is 9.20. The molecule has 102 valence electrons. The minimum absolute atomic E-state index is 0.136. The normalized spacial score (nSPS) is 12.6. The van der Waals surface area contributed by atoms with Crippen molar-refractivity contribution in [3.8, 4) is 0 Å².